The first kappa shape index (κ1) is 29.8. The predicted molar refractivity (Wildman–Crippen MR) is 108 cm³/mol. The van der Waals surface area contributed by atoms with Crippen LogP contribution < -0.4 is 6.15 Å². The molecule has 0 atom stereocenters. The standard InChI is InChI=1S/C6HCl13O3S.H3N/c7-1(8,3(11,12)5(15,16)17)2(9,10)4(13,14)6(18,19)23(20,21)22;/h(H,20,21,22);1H3. The molecule has 0 aliphatic heterocycles. The van der Waals surface area contributed by atoms with Gasteiger partial charge in [-0.25, -0.2) is 8.42 Å². The van der Waals surface area contributed by atoms with Gasteiger partial charge in [-0.1, -0.05) is 151 Å². The Morgan fingerprint density at radius 1 is 0.542 bits per heavy atom. The van der Waals surface area contributed by atoms with Crippen LogP contribution in [0.25, 0.3) is 0 Å². The molecule has 4 nitrogen and oxygen atoms in total. The number of rotatable bonds is 5. The molecule has 24 heavy (non-hydrogen) atoms. The third-order valence-electron chi connectivity index (χ3n) is 2.22. The van der Waals surface area contributed by atoms with Gasteiger partial charge in [0.1, 0.15) is 10.1 Å². The van der Waals surface area contributed by atoms with E-state index in [-0.39, 0.29) is 6.15 Å². The first-order valence-electron chi connectivity index (χ1n) is 4.41. The van der Waals surface area contributed by atoms with E-state index < -0.39 is 34.9 Å². The van der Waals surface area contributed by atoms with Gasteiger partial charge in [0.2, 0.25) is 11.8 Å². The molecule has 148 valence electrons. The quantitative estimate of drug-likeness (QED) is 0.259. The Hall–Kier alpha value is 3.64. The molecule has 0 aromatic carbocycles. The Morgan fingerprint density at radius 2 is 0.792 bits per heavy atom. The fraction of sp³-hybridized carbons (Fsp3) is 1.00. The summed E-state index contributed by atoms with van der Waals surface area (Å²) >= 11 is 73.6. The number of hydrogen-bond donors (Lipinski definition) is 1. The Morgan fingerprint density at radius 3 is 1.00 bits per heavy atom. The van der Waals surface area contributed by atoms with Crippen molar-refractivity contribution in [3.63, 3.8) is 0 Å². The molecule has 0 fully saturated rings. The van der Waals surface area contributed by atoms with E-state index in [9.17, 15) is 13.0 Å². The third kappa shape index (κ3) is 4.69. The second kappa shape index (κ2) is 8.41. The lowest BCUT2D eigenvalue weighted by Gasteiger charge is -2.50. The van der Waals surface area contributed by atoms with Gasteiger partial charge in [0.15, 0.2) is 13.0 Å². The summed E-state index contributed by atoms with van der Waals surface area (Å²) in [4.78, 5) is 0. The summed E-state index contributed by atoms with van der Waals surface area (Å²) in [5, 5.41) is 0. The first-order chi connectivity index (χ1) is 9.50. The molecule has 0 unspecified atom stereocenters. The van der Waals surface area contributed by atoms with E-state index in [0.717, 1.165) is 0 Å². The summed E-state index contributed by atoms with van der Waals surface area (Å²) in [6.07, 6.45) is 0. The Balaban J connectivity index is 0. The van der Waals surface area contributed by atoms with E-state index >= 15 is 0 Å². The maximum Gasteiger partial charge on any atom is 0.241 e. The molecule has 18 heteroatoms. The van der Waals surface area contributed by atoms with Crippen molar-refractivity contribution in [2.45, 2.75) is 24.8 Å². The molecule has 0 bridgehead atoms. The zero-order valence-corrected chi connectivity index (χ0v) is 21.2. The van der Waals surface area contributed by atoms with Gasteiger partial charge < -0.3 is 10.7 Å². The molecule has 0 saturated carbocycles. The maximum absolute atomic E-state index is 11.2. The van der Waals surface area contributed by atoms with Crippen LogP contribution >= 0.6 is 151 Å². The van der Waals surface area contributed by atoms with E-state index in [2.05, 4.69) is 0 Å². The van der Waals surface area contributed by atoms with Crippen LogP contribution in [0.1, 0.15) is 0 Å². The monoisotopic (exact) mass is 625 g/mol. The van der Waals surface area contributed by atoms with Crippen LogP contribution in [-0.2, 0) is 10.1 Å². The molecular weight excluding hydrogens is 627 g/mol. The molecule has 0 radical (unpaired) electrons. The molecule has 0 rings (SSSR count). The summed E-state index contributed by atoms with van der Waals surface area (Å²) in [5.41, 5.74) is 0. The number of hydrogen-bond acceptors (Lipinski definition) is 3. The summed E-state index contributed by atoms with van der Waals surface area (Å²) in [5.74, 6) is 0. The molecule has 0 saturated heterocycles. The van der Waals surface area contributed by atoms with Crippen LogP contribution in [0.2, 0.25) is 0 Å². The van der Waals surface area contributed by atoms with Crippen LogP contribution in [0, 0.1) is 0 Å². The molecule has 4 N–H and O–H groups in total. The summed E-state index contributed by atoms with van der Waals surface area (Å²) in [6, 6.07) is 0. The molecule has 0 heterocycles. The van der Waals surface area contributed by atoms with Crippen molar-refractivity contribution >= 4 is 161 Å². The van der Waals surface area contributed by atoms with Crippen molar-refractivity contribution in [1.29, 1.82) is 0 Å². The lowest BCUT2D eigenvalue weighted by Crippen LogP contribution is -2.66. The third-order valence-corrected chi connectivity index (χ3v) is 12.6. The fourth-order valence-corrected chi connectivity index (χ4v) is 5.34. The topological polar surface area (TPSA) is 93.7 Å². The van der Waals surface area contributed by atoms with Crippen LogP contribution in [0.15, 0.2) is 0 Å². The molecule has 0 aromatic rings. The minimum absolute atomic E-state index is 0. The van der Waals surface area contributed by atoms with Gasteiger partial charge in [0.05, 0.1) is 0 Å². The van der Waals surface area contributed by atoms with Gasteiger partial charge in [-0.05, 0) is 0 Å². The van der Waals surface area contributed by atoms with Crippen LogP contribution in [-0.4, -0.2) is 37.8 Å². The largest absolute Gasteiger partial charge is 0.746 e. The lowest BCUT2D eigenvalue weighted by atomic mass is 10.1. The van der Waals surface area contributed by atoms with Crippen LogP contribution in [0.3, 0.4) is 0 Å². The minimum atomic E-state index is -5.64. The van der Waals surface area contributed by atoms with Crippen molar-refractivity contribution < 1.29 is 13.0 Å². The predicted octanol–water partition coefficient (Wildman–Crippen LogP) is 7.10. The summed E-state index contributed by atoms with van der Waals surface area (Å²) in [6.45, 7) is 0. The summed E-state index contributed by atoms with van der Waals surface area (Å²) < 4.78 is 14.9. The van der Waals surface area contributed by atoms with Gasteiger partial charge in [-0.15, -0.1) is 0 Å². The van der Waals surface area contributed by atoms with Gasteiger partial charge in [0, 0.05) is 0 Å². The highest BCUT2D eigenvalue weighted by Crippen LogP contribution is 2.69. The smallest absolute Gasteiger partial charge is 0.241 e. The minimum Gasteiger partial charge on any atom is -0.746 e. The van der Waals surface area contributed by atoms with Crippen molar-refractivity contribution in [3.05, 3.63) is 0 Å². The zero-order valence-electron chi connectivity index (χ0n) is 10.5. The fourth-order valence-electron chi connectivity index (χ4n) is 0.912. The highest BCUT2D eigenvalue weighted by atomic mass is 35.6. The van der Waals surface area contributed by atoms with E-state index in [1.807, 2.05) is 0 Å². The maximum atomic E-state index is 11.2. The molecular formula is C6H4Cl13NO3S. The molecule has 0 aliphatic carbocycles. The molecule has 0 aliphatic rings. The van der Waals surface area contributed by atoms with Crippen LogP contribution in [0.5, 0.6) is 0 Å². The van der Waals surface area contributed by atoms with E-state index in [1.165, 1.54) is 0 Å². The van der Waals surface area contributed by atoms with Gasteiger partial charge in [-0.2, -0.15) is 0 Å². The number of alkyl halides is 13. The number of halogens is 13. The van der Waals surface area contributed by atoms with Crippen molar-refractivity contribution in [2.75, 3.05) is 0 Å². The van der Waals surface area contributed by atoms with Gasteiger partial charge in [-0.3, -0.25) is 0 Å². The highest BCUT2D eigenvalue weighted by Gasteiger charge is 2.78. The zero-order chi connectivity index (χ0) is 19.5. The Labute approximate surface area is 202 Å². The van der Waals surface area contributed by atoms with E-state index in [0.29, 0.717) is 0 Å². The van der Waals surface area contributed by atoms with Gasteiger partial charge in [0.25, 0.3) is 0 Å². The second-order valence-electron chi connectivity index (χ2n) is 3.77. The highest BCUT2D eigenvalue weighted by molar-refractivity contribution is 7.90. The normalized spacial score (nSPS) is 15.9. The van der Waals surface area contributed by atoms with Crippen molar-refractivity contribution in [1.82, 2.24) is 6.15 Å². The molecule has 0 amide bonds. The summed E-state index contributed by atoms with van der Waals surface area (Å²) in [7, 11) is -5.64. The number of quaternary nitrogens is 1. The van der Waals surface area contributed by atoms with Crippen LogP contribution in [0.4, 0.5) is 0 Å². The first-order valence-corrected chi connectivity index (χ1v) is 10.7. The average Bonchev–Trinajstić information content (AvgIpc) is 2.24. The van der Waals surface area contributed by atoms with Crippen molar-refractivity contribution in [2.24, 2.45) is 0 Å². The van der Waals surface area contributed by atoms with Gasteiger partial charge >= 0.3 is 0 Å². The molecule has 0 spiro atoms. The van der Waals surface area contributed by atoms with Crippen molar-refractivity contribution in [3.8, 4) is 0 Å². The lowest BCUT2D eigenvalue weighted by molar-refractivity contribution is 0.438. The average molecular weight is 631 g/mol. The molecule has 0 aromatic heterocycles. The second-order valence-corrected chi connectivity index (χ2v) is 14.7. The SMILES string of the molecule is O=S(=O)([O-])C(Cl)(Cl)C(Cl)(Cl)C(Cl)(Cl)C(Cl)(Cl)C(Cl)(Cl)C(Cl)(Cl)Cl.[NH4+]. The Bertz CT molecular complexity index is 565. The Kier molecular flexibility index (Phi) is 10.5. The van der Waals surface area contributed by atoms with E-state index in [4.69, 9.17) is 151 Å². The van der Waals surface area contributed by atoms with E-state index in [1.54, 1.807) is 0 Å².